The normalized spacial score (nSPS) is 14.6. The summed E-state index contributed by atoms with van der Waals surface area (Å²) in [5, 5.41) is 0. The summed E-state index contributed by atoms with van der Waals surface area (Å²) in [6.07, 6.45) is 1.88. The van der Waals surface area contributed by atoms with Crippen molar-refractivity contribution in [1.82, 2.24) is 9.62 Å². The van der Waals surface area contributed by atoms with Crippen LogP contribution >= 0.6 is 0 Å². The standard InChI is InChI=1S/C9H21N2O2S/c1-5-7-9(11(3)4)8-14(12,13)10-6-2/h9-10H,2,5-8H2,1,3-4H3. The first-order valence-electron chi connectivity index (χ1n) is 4.86. The van der Waals surface area contributed by atoms with Gasteiger partial charge in [0.15, 0.2) is 0 Å². The molecular weight excluding hydrogens is 200 g/mol. The van der Waals surface area contributed by atoms with Gasteiger partial charge in [0.05, 0.1) is 5.75 Å². The van der Waals surface area contributed by atoms with Crippen molar-refractivity contribution >= 4 is 10.0 Å². The fourth-order valence-corrected chi connectivity index (χ4v) is 2.69. The molecule has 0 heterocycles. The molecule has 0 aromatic rings. The van der Waals surface area contributed by atoms with Gasteiger partial charge in [-0.15, -0.1) is 0 Å². The van der Waals surface area contributed by atoms with Gasteiger partial charge in [0.25, 0.3) is 0 Å². The largest absolute Gasteiger partial charge is 0.305 e. The lowest BCUT2D eigenvalue weighted by atomic mass is 10.2. The zero-order valence-electron chi connectivity index (χ0n) is 9.28. The van der Waals surface area contributed by atoms with E-state index in [-0.39, 0.29) is 18.3 Å². The lowest BCUT2D eigenvalue weighted by molar-refractivity contribution is 0.298. The van der Waals surface area contributed by atoms with E-state index < -0.39 is 10.0 Å². The molecule has 0 rings (SSSR count). The third-order valence-electron chi connectivity index (χ3n) is 2.09. The maximum absolute atomic E-state index is 11.4. The zero-order valence-corrected chi connectivity index (χ0v) is 10.1. The van der Waals surface area contributed by atoms with Crippen LogP contribution in [0.1, 0.15) is 19.8 Å². The molecule has 0 aromatic carbocycles. The number of nitrogens with one attached hydrogen (secondary N) is 1. The summed E-state index contributed by atoms with van der Waals surface area (Å²) >= 11 is 0. The van der Waals surface area contributed by atoms with Crippen molar-refractivity contribution in [2.24, 2.45) is 0 Å². The van der Waals surface area contributed by atoms with Crippen LogP contribution in [0.2, 0.25) is 0 Å². The molecule has 1 unspecified atom stereocenters. The Morgan fingerprint density at radius 1 is 1.43 bits per heavy atom. The average molecular weight is 221 g/mol. The Morgan fingerprint density at radius 3 is 2.36 bits per heavy atom. The Morgan fingerprint density at radius 2 is 2.00 bits per heavy atom. The van der Waals surface area contributed by atoms with Crippen molar-refractivity contribution in [3.63, 3.8) is 0 Å². The Balaban J connectivity index is 4.28. The second-order valence-electron chi connectivity index (χ2n) is 3.58. The van der Waals surface area contributed by atoms with Gasteiger partial charge in [0, 0.05) is 12.6 Å². The number of rotatable bonds is 7. The molecule has 4 nitrogen and oxygen atoms in total. The highest BCUT2D eigenvalue weighted by Crippen LogP contribution is 2.05. The van der Waals surface area contributed by atoms with Crippen LogP contribution in [0.3, 0.4) is 0 Å². The molecular formula is C9H21N2O2S. The van der Waals surface area contributed by atoms with E-state index in [4.69, 9.17) is 0 Å². The first kappa shape index (κ1) is 13.9. The van der Waals surface area contributed by atoms with E-state index in [1.165, 1.54) is 0 Å². The summed E-state index contributed by atoms with van der Waals surface area (Å²) in [5.74, 6) is 0.156. The van der Waals surface area contributed by atoms with Crippen molar-refractivity contribution in [3.05, 3.63) is 6.92 Å². The Kier molecular flexibility index (Phi) is 6.31. The highest BCUT2D eigenvalue weighted by Gasteiger charge is 2.19. The number of nitrogens with zero attached hydrogens (tertiary/aromatic N) is 1. The van der Waals surface area contributed by atoms with Gasteiger partial charge in [-0.1, -0.05) is 13.3 Å². The van der Waals surface area contributed by atoms with Gasteiger partial charge in [0.1, 0.15) is 0 Å². The van der Waals surface area contributed by atoms with Crippen molar-refractivity contribution in [2.45, 2.75) is 25.8 Å². The minimum atomic E-state index is -3.15. The maximum atomic E-state index is 11.4. The summed E-state index contributed by atoms with van der Waals surface area (Å²) in [5.41, 5.74) is 0. The molecule has 0 aliphatic rings. The van der Waals surface area contributed by atoms with Crippen molar-refractivity contribution < 1.29 is 8.42 Å². The summed E-state index contributed by atoms with van der Waals surface area (Å²) in [6, 6.07) is 0.0871. The molecule has 1 radical (unpaired) electrons. The van der Waals surface area contributed by atoms with E-state index in [0.29, 0.717) is 0 Å². The first-order chi connectivity index (χ1) is 6.43. The minimum absolute atomic E-state index is 0.0871. The first-order valence-corrected chi connectivity index (χ1v) is 6.51. The molecule has 14 heavy (non-hydrogen) atoms. The Hall–Kier alpha value is -0.130. The summed E-state index contributed by atoms with van der Waals surface area (Å²) in [7, 11) is 0.653. The molecule has 0 saturated heterocycles. The van der Waals surface area contributed by atoms with Crippen LogP contribution in [0.15, 0.2) is 0 Å². The molecule has 0 bridgehead atoms. The van der Waals surface area contributed by atoms with Gasteiger partial charge in [-0.3, -0.25) is 0 Å². The van der Waals surface area contributed by atoms with Crippen molar-refractivity contribution in [1.29, 1.82) is 0 Å². The molecule has 0 amide bonds. The molecule has 0 aliphatic carbocycles. The van der Waals surface area contributed by atoms with Crippen LogP contribution in [0, 0.1) is 6.92 Å². The van der Waals surface area contributed by atoms with Gasteiger partial charge < -0.3 is 4.90 Å². The van der Waals surface area contributed by atoms with Crippen LogP contribution in [0.25, 0.3) is 0 Å². The van der Waals surface area contributed by atoms with Gasteiger partial charge in [0.2, 0.25) is 10.0 Å². The lowest BCUT2D eigenvalue weighted by Crippen LogP contribution is -2.39. The van der Waals surface area contributed by atoms with Crippen LogP contribution in [0.5, 0.6) is 0 Å². The van der Waals surface area contributed by atoms with Gasteiger partial charge in [-0.05, 0) is 27.4 Å². The number of sulfonamides is 1. The molecule has 0 aromatic heterocycles. The third kappa shape index (κ3) is 5.57. The van der Waals surface area contributed by atoms with Crippen LogP contribution in [0.4, 0.5) is 0 Å². The van der Waals surface area contributed by atoms with Gasteiger partial charge in [-0.2, -0.15) is 0 Å². The average Bonchev–Trinajstić information content (AvgIpc) is 2.02. The third-order valence-corrected chi connectivity index (χ3v) is 3.55. The second kappa shape index (κ2) is 6.37. The van der Waals surface area contributed by atoms with Gasteiger partial charge >= 0.3 is 0 Å². The molecule has 1 atom stereocenters. The predicted octanol–water partition coefficient (Wildman–Crippen LogP) is 0.470. The molecule has 0 saturated carbocycles. The summed E-state index contributed by atoms with van der Waals surface area (Å²) < 4.78 is 25.3. The number of hydrogen-bond acceptors (Lipinski definition) is 3. The Bertz CT molecular complexity index is 237. The van der Waals surface area contributed by atoms with Gasteiger partial charge in [-0.25, -0.2) is 13.1 Å². The van der Waals surface area contributed by atoms with Crippen LogP contribution < -0.4 is 4.72 Å². The molecule has 0 aliphatic heterocycles. The molecule has 1 N–H and O–H groups in total. The van der Waals surface area contributed by atoms with E-state index in [1.807, 2.05) is 19.0 Å². The smallest absolute Gasteiger partial charge is 0.213 e. The zero-order chi connectivity index (χ0) is 11.2. The maximum Gasteiger partial charge on any atom is 0.213 e. The number of hydrogen-bond donors (Lipinski definition) is 1. The van der Waals surface area contributed by atoms with Crippen molar-refractivity contribution in [2.75, 3.05) is 26.4 Å². The molecule has 85 valence electrons. The second-order valence-corrected chi connectivity index (χ2v) is 5.43. The quantitative estimate of drug-likeness (QED) is 0.680. The van der Waals surface area contributed by atoms with Crippen LogP contribution in [-0.2, 0) is 10.0 Å². The van der Waals surface area contributed by atoms with Crippen LogP contribution in [-0.4, -0.2) is 45.8 Å². The predicted molar refractivity (Wildman–Crippen MR) is 59.5 cm³/mol. The van der Waals surface area contributed by atoms with E-state index in [1.54, 1.807) is 0 Å². The highest BCUT2D eigenvalue weighted by molar-refractivity contribution is 7.89. The monoisotopic (exact) mass is 221 g/mol. The molecule has 0 fully saturated rings. The topological polar surface area (TPSA) is 49.4 Å². The molecule has 0 spiro atoms. The van der Waals surface area contributed by atoms with E-state index in [2.05, 4.69) is 18.6 Å². The van der Waals surface area contributed by atoms with Crippen molar-refractivity contribution in [3.8, 4) is 0 Å². The fraction of sp³-hybridized carbons (Fsp3) is 0.889. The van der Waals surface area contributed by atoms with E-state index >= 15 is 0 Å². The highest BCUT2D eigenvalue weighted by atomic mass is 32.2. The Labute approximate surface area is 87.7 Å². The molecule has 5 heteroatoms. The lowest BCUT2D eigenvalue weighted by Gasteiger charge is -2.23. The minimum Gasteiger partial charge on any atom is -0.305 e. The van der Waals surface area contributed by atoms with E-state index in [0.717, 1.165) is 12.8 Å². The SMILES string of the molecule is [CH2]CNS(=O)(=O)CC(CCC)N(C)C. The summed E-state index contributed by atoms with van der Waals surface area (Å²) in [4.78, 5) is 1.95. The summed E-state index contributed by atoms with van der Waals surface area (Å²) in [6.45, 7) is 5.74. The van der Waals surface area contributed by atoms with E-state index in [9.17, 15) is 8.42 Å². The fourth-order valence-electron chi connectivity index (χ4n) is 1.29.